The van der Waals surface area contributed by atoms with Gasteiger partial charge in [-0.05, 0) is 45.1 Å². The van der Waals surface area contributed by atoms with Crippen molar-refractivity contribution < 1.29 is 9.53 Å². The number of rotatable bonds is 6. The molecule has 0 spiro atoms. The summed E-state index contributed by atoms with van der Waals surface area (Å²) in [6.45, 7) is 7.00. The van der Waals surface area contributed by atoms with Crippen molar-refractivity contribution in [3.63, 3.8) is 0 Å². The number of likely N-dealkylation sites (tertiary alicyclic amines) is 1. The second-order valence-electron chi connectivity index (χ2n) is 5.93. The van der Waals surface area contributed by atoms with Crippen LogP contribution in [0.2, 0.25) is 0 Å². The fourth-order valence-electron chi connectivity index (χ4n) is 3.55. The van der Waals surface area contributed by atoms with E-state index in [1.165, 1.54) is 32.9 Å². The van der Waals surface area contributed by atoms with Crippen LogP contribution < -0.4 is 5.32 Å². The van der Waals surface area contributed by atoms with E-state index in [1.807, 2.05) is 13.8 Å². The molecule has 4 nitrogen and oxygen atoms in total. The molecule has 1 N–H and O–H groups in total. The van der Waals surface area contributed by atoms with Crippen LogP contribution in [0.1, 0.15) is 39.5 Å². The Balaban J connectivity index is 1.87. The van der Waals surface area contributed by atoms with E-state index < -0.39 is 5.54 Å². The number of carbonyl (C=O) groups excluding carboxylic acids is 1. The number of hydrogen-bond acceptors (Lipinski definition) is 4. The number of likely N-dealkylation sites (N-methyl/N-ethyl adjacent to an activating group) is 1. The van der Waals surface area contributed by atoms with Gasteiger partial charge < -0.3 is 15.0 Å². The van der Waals surface area contributed by atoms with Gasteiger partial charge in [-0.3, -0.25) is 4.79 Å². The second kappa shape index (κ2) is 5.57. The van der Waals surface area contributed by atoms with Crippen LogP contribution in [0.5, 0.6) is 0 Å². The van der Waals surface area contributed by atoms with Gasteiger partial charge >= 0.3 is 5.97 Å². The summed E-state index contributed by atoms with van der Waals surface area (Å²) in [7, 11) is 1.47. The molecule has 1 heterocycles. The third-order valence-electron chi connectivity index (χ3n) is 4.62. The van der Waals surface area contributed by atoms with Crippen molar-refractivity contribution in [1.82, 2.24) is 10.2 Å². The maximum absolute atomic E-state index is 11.9. The molecular formula is C14H26N2O2. The molecule has 2 rings (SSSR count). The van der Waals surface area contributed by atoms with Crippen molar-refractivity contribution in [1.29, 1.82) is 0 Å². The molecular weight excluding hydrogens is 228 g/mol. The lowest BCUT2D eigenvalue weighted by molar-refractivity contribution is -0.148. The molecule has 0 aromatic carbocycles. The molecule has 0 amide bonds. The number of carbonyl (C=O) groups is 1. The summed E-state index contributed by atoms with van der Waals surface area (Å²) in [5.41, 5.74) is -0.536. The molecule has 2 aliphatic rings. The van der Waals surface area contributed by atoms with Gasteiger partial charge in [0.25, 0.3) is 0 Å². The number of methoxy groups -OCH3 is 1. The lowest BCUT2D eigenvalue weighted by Crippen LogP contribution is -2.52. The van der Waals surface area contributed by atoms with Crippen LogP contribution in [0.3, 0.4) is 0 Å². The Morgan fingerprint density at radius 2 is 2.28 bits per heavy atom. The number of fused-ring (bicyclic) bond motifs is 2. The predicted octanol–water partition coefficient (Wildman–Crippen LogP) is 1.40. The highest BCUT2D eigenvalue weighted by molar-refractivity contribution is 5.80. The molecule has 1 saturated heterocycles. The molecule has 104 valence electrons. The Morgan fingerprint density at radius 3 is 2.78 bits per heavy atom. The summed E-state index contributed by atoms with van der Waals surface area (Å²) < 4.78 is 4.93. The van der Waals surface area contributed by atoms with Gasteiger partial charge in [-0.2, -0.15) is 0 Å². The summed E-state index contributed by atoms with van der Waals surface area (Å²) in [5.74, 6) is 0.771. The zero-order valence-electron chi connectivity index (χ0n) is 11.9. The van der Waals surface area contributed by atoms with E-state index in [-0.39, 0.29) is 5.97 Å². The fourth-order valence-corrected chi connectivity index (χ4v) is 3.55. The van der Waals surface area contributed by atoms with Crippen molar-refractivity contribution in [3.8, 4) is 0 Å². The third-order valence-corrected chi connectivity index (χ3v) is 4.62. The van der Waals surface area contributed by atoms with Crippen LogP contribution in [0.25, 0.3) is 0 Å². The topological polar surface area (TPSA) is 41.6 Å². The zero-order chi connectivity index (χ0) is 13.2. The summed E-state index contributed by atoms with van der Waals surface area (Å²) in [5, 5.41) is 3.28. The third kappa shape index (κ3) is 2.69. The molecule has 0 radical (unpaired) electrons. The second-order valence-corrected chi connectivity index (χ2v) is 5.93. The SMILES string of the molecule is CCNC(C)(CCN1CC2CCC1C2)C(=O)OC. The quantitative estimate of drug-likeness (QED) is 0.728. The van der Waals surface area contributed by atoms with E-state index in [1.54, 1.807) is 0 Å². The summed E-state index contributed by atoms with van der Waals surface area (Å²) in [6.07, 6.45) is 4.95. The maximum Gasteiger partial charge on any atom is 0.325 e. The molecule has 1 saturated carbocycles. The first-order valence-corrected chi connectivity index (χ1v) is 7.16. The molecule has 1 aliphatic heterocycles. The Labute approximate surface area is 110 Å². The van der Waals surface area contributed by atoms with Crippen LogP contribution in [0.15, 0.2) is 0 Å². The molecule has 18 heavy (non-hydrogen) atoms. The van der Waals surface area contributed by atoms with E-state index in [9.17, 15) is 4.79 Å². The minimum Gasteiger partial charge on any atom is -0.468 e. The molecule has 3 unspecified atom stereocenters. The Bertz CT molecular complexity index is 308. The molecule has 2 bridgehead atoms. The minimum absolute atomic E-state index is 0.145. The monoisotopic (exact) mass is 254 g/mol. The number of piperidine rings is 1. The van der Waals surface area contributed by atoms with Gasteiger partial charge in [0.1, 0.15) is 5.54 Å². The molecule has 0 aromatic heterocycles. The number of ether oxygens (including phenoxy) is 1. The lowest BCUT2D eigenvalue weighted by Gasteiger charge is -2.32. The minimum atomic E-state index is -0.536. The molecule has 4 heteroatoms. The summed E-state index contributed by atoms with van der Waals surface area (Å²) in [6, 6.07) is 0.776. The van der Waals surface area contributed by atoms with E-state index in [4.69, 9.17) is 4.74 Å². The highest BCUT2D eigenvalue weighted by Gasteiger charge is 2.40. The van der Waals surface area contributed by atoms with E-state index >= 15 is 0 Å². The average Bonchev–Trinajstić information content (AvgIpc) is 2.97. The number of nitrogens with zero attached hydrogens (tertiary/aromatic N) is 1. The Hall–Kier alpha value is -0.610. The fraction of sp³-hybridized carbons (Fsp3) is 0.929. The average molecular weight is 254 g/mol. The Morgan fingerprint density at radius 1 is 1.50 bits per heavy atom. The number of hydrogen-bond donors (Lipinski definition) is 1. The van der Waals surface area contributed by atoms with Gasteiger partial charge in [0.2, 0.25) is 0 Å². The largest absolute Gasteiger partial charge is 0.468 e. The Kier molecular flexibility index (Phi) is 4.28. The smallest absolute Gasteiger partial charge is 0.325 e. The van der Waals surface area contributed by atoms with E-state index in [0.29, 0.717) is 0 Å². The van der Waals surface area contributed by atoms with E-state index in [0.717, 1.165) is 31.5 Å². The van der Waals surface area contributed by atoms with Gasteiger partial charge in [0.05, 0.1) is 7.11 Å². The van der Waals surface area contributed by atoms with Crippen molar-refractivity contribution in [2.24, 2.45) is 5.92 Å². The molecule has 0 aromatic rings. The standard InChI is InChI=1S/C14H26N2O2/c1-4-15-14(2,13(17)18-3)7-8-16-10-11-5-6-12(16)9-11/h11-12,15H,4-10H2,1-3H3. The van der Waals surface area contributed by atoms with Crippen molar-refractivity contribution in [2.75, 3.05) is 26.7 Å². The van der Waals surface area contributed by atoms with Gasteiger partial charge in [0, 0.05) is 19.1 Å². The molecule has 3 atom stereocenters. The summed E-state index contributed by atoms with van der Waals surface area (Å²) >= 11 is 0. The summed E-state index contributed by atoms with van der Waals surface area (Å²) in [4.78, 5) is 14.4. The number of esters is 1. The molecule has 1 aliphatic carbocycles. The normalized spacial score (nSPS) is 30.4. The highest BCUT2D eigenvalue weighted by atomic mass is 16.5. The van der Waals surface area contributed by atoms with Gasteiger partial charge in [-0.15, -0.1) is 0 Å². The maximum atomic E-state index is 11.9. The van der Waals surface area contributed by atoms with Crippen LogP contribution in [-0.2, 0) is 9.53 Å². The van der Waals surface area contributed by atoms with Crippen LogP contribution in [0, 0.1) is 5.92 Å². The molecule has 2 fully saturated rings. The van der Waals surface area contributed by atoms with E-state index in [2.05, 4.69) is 10.2 Å². The number of nitrogens with one attached hydrogen (secondary N) is 1. The van der Waals surface area contributed by atoms with Gasteiger partial charge in [-0.25, -0.2) is 0 Å². The van der Waals surface area contributed by atoms with Crippen molar-refractivity contribution in [2.45, 2.75) is 51.1 Å². The predicted molar refractivity (Wildman–Crippen MR) is 71.4 cm³/mol. The first-order valence-electron chi connectivity index (χ1n) is 7.16. The zero-order valence-corrected chi connectivity index (χ0v) is 11.9. The van der Waals surface area contributed by atoms with Gasteiger partial charge in [0.15, 0.2) is 0 Å². The van der Waals surface area contributed by atoms with Gasteiger partial charge in [-0.1, -0.05) is 6.92 Å². The van der Waals surface area contributed by atoms with Crippen molar-refractivity contribution in [3.05, 3.63) is 0 Å². The van der Waals surface area contributed by atoms with Crippen LogP contribution >= 0.6 is 0 Å². The van der Waals surface area contributed by atoms with Crippen molar-refractivity contribution >= 4 is 5.97 Å². The first-order chi connectivity index (χ1) is 8.59. The highest BCUT2D eigenvalue weighted by Crippen LogP contribution is 2.37. The van der Waals surface area contributed by atoms with Crippen LogP contribution in [-0.4, -0.2) is 49.2 Å². The first kappa shape index (κ1) is 13.8. The lowest BCUT2D eigenvalue weighted by atomic mass is 9.97. The van der Waals surface area contributed by atoms with Crippen LogP contribution in [0.4, 0.5) is 0 Å².